The van der Waals surface area contributed by atoms with Gasteiger partial charge in [-0.1, -0.05) is 13.3 Å². The molecule has 1 fully saturated rings. The van der Waals surface area contributed by atoms with Gasteiger partial charge in [0.1, 0.15) is 0 Å². The SMILES string of the molecule is CCc1sc(CC2CCCCN2)nc1C. The summed E-state index contributed by atoms with van der Waals surface area (Å²) in [6, 6.07) is 0.675. The second-order valence-electron chi connectivity index (χ2n) is 4.32. The summed E-state index contributed by atoms with van der Waals surface area (Å²) in [6.45, 7) is 5.53. The molecule has 84 valence electrons. The number of nitrogens with zero attached hydrogens (tertiary/aromatic N) is 1. The lowest BCUT2D eigenvalue weighted by Gasteiger charge is -2.22. The first-order chi connectivity index (χ1) is 7.29. The highest BCUT2D eigenvalue weighted by Crippen LogP contribution is 2.21. The zero-order chi connectivity index (χ0) is 10.7. The number of rotatable bonds is 3. The molecule has 1 aromatic heterocycles. The van der Waals surface area contributed by atoms with Crippen LogP contribution in [-0.4, -0.2) is 17.6 Å². The summed E-state index contributed by atoms with van der Waals surface area (Å²) >= 11 is 1.90. The number of aryl methyl sites for hydroxylation is 2. The van der Waals surface area contributed by atoms with Crippen molar-refractivity contribution in [2.75, 3.05) is 6.54 Å². The van der Waals surface area contributed by atoms with Crippen molar-refractivity contribution in [2.45, 2.75) is 52.0 Å². The highest BCUT2D eigenvalue weighted by Gasteiger charge is 2.15. The number of piperidine rings is 1. The summed E-state index contributed by atoms with van der Waals surface area (Å²) < 4.78 is 0. The van der Waals surface area contributed by atoms with Crippen molar-refractivity contribution in [2.24, 2.45) is 0 Å². The number of hydrogen-bond acceptors (Lipinski definition) is 3. The zero-order valence-electron chi connectivity index (χ0n) is 9.68. The van der Waals surface area contributed by atoms with Crippen molar-refractivity contribution in [3.63, 3.8) is 0 Å². The Labute approximate surface area is 96.1 Å². The molecule has 1 aliphatic rings. The topological polar surface area (TPSA) is 24.9 Å². The van der Waals surface area contributed by atoms with Gasteiger partial charge in [-0.2, -0.15) is 0 Å². The summed E-state index contributed by atoms with van der Waals surface area (Å²) in [6.07, 6.45) is 6.30. The van der Waals surface area contributed by atoms with Crippen molar-refractivity contribution in [1.29, 1.82) is 0 Å². The molecule has 0 aromatic carbocycles. The first-order valence-corrected chi connectivity index (χ1v) is 6.79. The van der Waals surface area contributed by atoms with Crippen LogP contribution >= 0.6 is 11.3 Å². The molecule has 0 amide bonds. The second kappa shape index (κ2) is 5.08. The highest BCUT2D eigenvalue weighted by molar-refractivity contribution is 7.11. The van der Waals surface area contributed by atoms with Gasteiger partial charge in [0.2, 0.25) is 0 Å². The van der Waals surface area contributed by atoms with Crippen LogP contribution in [0, 0.1) is 6.92 Å². The van der Waals surface area contributed by atoms with Crippen LogP contribution in [-0.2, 0) is 12.8 Å². The van der Waals surface area contributed by atoms with Crippen LogP contribution < -0.4 is 5.32 Å². The van der Waals surface area contributed by atoms with Crippen LogP contribution in [0.2, 0.25) is 0 Å². The van der Waals surface area contributed by atoms with E-state index in [0.717, 1.165) is 12.8 Å². The van der Waals surface area contributed by atoms with Crippen molar-refractivity contribution in [3.8, 4) is 0 Å². The maximum absolute atomic E-state index is 4.65. The molecule has 1 atom stereocenters. The van der Waals surface area contributed by atoms with E-state index in [-0.39, 0.29) is 0 Å². The molecular formula is C12H20N2S. The van der Waals surface area contributed by atoms with Gasteiger partial charge < -0.3 is 5.32 Å². The predicted molar refractivity (Wildman–Crippen MR) is 65.6 cm³/mol. The van der Waals surface area contributed by atoms with Gasteiger partial charge in [0, 0.05) is 17.3 Å². The highest BCUT2D eigenvalue weighted by atomic mass is 32.1. The van der Waals surface area contributed by atoms with Gasteiger partial charge in [0.15, 0.2) is 0 Å². The molecule has 2 heterocycles. The fourth-order valence-corrected chi connectivity index (χ4v) is 3.30. The fraction of sp³-hybridized carbons (Fsp3) is 0.750. The molecule has 15 heavy (non-hydrogen) atoms. The third-order valence-electron chi connectivity index (χ3n) is 3.09. The molecule has 2 nitrogen and oxygen atoms in total. The molecule has 1 N–H and O–H groups in total. The van der Waals surface area contributed by atoms with Crippen LogP contribution in [0.15, 0.2) is 0 Å². The molecule has 0 radical (unpaired) electrons. The molecule has 0 bridgehead atoms. The van der Waals surface area contributed by atoms with Gasteiger partial charge >= 0.3 is 0 Å². The Hall–Kier alpha value is -0.410. The Kier molecular flexibility index (Phi) is 3.76. The summed E-state index contributed by atoms with van der Waals surface area (Å²) in [4.78, 5) is 6.11. The molecule has 1 aliphatic heterocycles. The third kappa shape index (κ3) is 2.79. The van der Waals surface area contributed by atoms with Gasteiger partial charge in [0.05, 0.1) is 10.7 Å². The van der Waals surface area contributed by atoms with Crippen LogP contribution in [0.5, 0.6) is 0 Å². The van der Waals surface area contributed by atoms with Crippen molar-refractivity contribution >= 4 is 11.3 Å². The third-order valence-corrected chi connectivity index (χ3v) is 4.42. The predicted octanol–water partition coefficient (Wildman–Crippen LogP) is 2.70. The van der Waals surface area contributed by atoms with Crippen LogP contribution in [0.25, 0.3) is 0 Å². The standard InChI is InChI=1S/C12H20N2S/c1-3-11-9(2)14-12(15-11)8-10-6-4-5-7-13-10/h10,13H,3-8H2,1-2H3. The summed E-state index contributed by atoms with van der Waals surface area (Å²) in [5.41, 5.74) is 1.24. The Morgan fingerprint density at radius 3 is 2.93 bits per heavy atom. The van der Waals surface area contributed by atoms with Crippen LogP contribution in [0.1, 0.15) is 41.8 Å². The van der Waals surface area contributed by atoms with Gasteiger partial charge in [0.25, 0.3) is 0 Å². The van der Waals surface area contributed by atoms with Crippen molar-refractivity contribution in [3.05, 3.63) is 15.6 Å². The Morgan fingerprint density at radius 1 is 1.47 bits per heavy atom. The number of thiazole rings is 1. The summed E-state index contributed by atoms with van der Waals surface area (Å²) in [7, 11) is 0. The normalized spacial score (nSPS) is 21.9. The minimum Gasteiger partial charge on any atom is -0.314 e. The van der Waals surface area contributed by atoms with Crippen LogP contribution in [0.4, 0.5) is 0 Å². The van der Waals surface area contributed by atoms with Gasteiger partial charge in [-0.05, 0) is 32.7 Å². The molecule has 0 aliphatic carbocycles. The fourth-order valence-electron chi connectivity index (χ4n) is 2.21. The van der Waals surface area contributed by atoms with Crippen molar-refractivity contribution < 1.29 is 0 Å². The molecule has 2 rings (SSSR count). The van der Waals surface area contributed by atoms with E-state index >= 15 is 0 Å². The first kappa shape index (κ1) is 11.1. The Bertz CT molecular complexity index is 313. The molecule has 1 aromatic rings. The average Bonchev–Trinajstić information content (AvgIpc) is 2.60. The monoisotopic (exact) mass is 224 g/mol. The number of hydrogen-bond donors (Lipinski definition) is 1. The van der Waals surface area contributed by atoms with E-state index in [1.165, 1.54) is 41.4 Å². The lowest BCUT2D eigenvalue weighted by molar-refractivity contribution is 0.399. The van der Waals surface area contributed by atoms with E-state index in [9.17, 15) is 0 Å². The van der Waals surface area contributed by atoms with Gasteiger partial charge in [-0.25, -0.2) is 4.98 Å². The largest absolute Gasteiger partial charge is 0.314 e. The molecule has 3 heteroatoms. The lowest BCUT2D eigenvalue weighted by Crippen LogP contribution is -2.35. The molecule has 1 saturated heterocycles. The first-order valence-electron chi connectivity index (χ1n) is 5.98. The summed E-state index contributed by atoms with van der Waals surface area (Å²) in [5, 5.41) is 4.90. The van der Waals surface area contributed by atoms with Gasteiger partial charge in [-0.15, -0.1) is 11.3 Å². The Balaban J connectivity index is 1.97. The molecule has 0 spiro atoms. The molecular weight excluding hydrogens is 204 g/mol. The van der Waals surface area contributed by atoms with Crippen LogP contribution in [0.3, 0.4) is 0 Å². The lowest BCUT2D eigenvalue weighted by atomic mass is 10.0. The van der Waals surface area contributed by atoms with E-state index in [1.54, 1.807) is 0 Å². The zero-order valence-corrected chi connectivity index (χ0v) is 10.5. The smallest absolute Gasteiger partial charge is 0.0946 e. The minimum atomic E-state index is 0.675. The quantitative estimate of drug-likeness (QED) is 0.854. The number of aromatic nitrogens is 1. The van der Waals surface area contributed by atoms with E-state index in [0.29, 0.717) is 6.04 Å². The average molecular weight is 224 g/mol. The van der Waals surface area contributed by atoms with Crippen molar-refractivity contribution in [1.82, 2.24) is 10.3 Å². The second-order valence-corrected chi connectivity index (χ2v) is 5.49. The maximum atomic E-state index is 4.65. The summed E-state index contributed by atoms with van der Waals surface area (Å²) in [5.74, 6) is 0. The Morgan fingerprint density at radius 2 is 2.33 bits per heavy atom. The molecule has 1 unspecified atom stereocenters. The minimum absolute atomic E-state index is 0.675. The molecule has 0 saturated carbocycles. The number of nitrogens with one attached hydrogen (secondary N) is 1. The van der Waals surface area contributed by atoms with Gasteiger partial charge in [-0.3, -0.25) is 0 Å². The van der Waals surface area contributed by atoms with E-state index in [2.05, 4.69) is 24.1 Å². The van der Waals surface area contributed by atoms with E-state index in [1.807, 2.05) is 11.3 Å². The van der Waals surface area contributed by atoms with E-state index < -0.39 is 0 Å². The maximum Gasteiger partial charge on any atom is 0.0946 e. The van der Waals surface area contributed by atoms with E-state index in [4.69, 9.17) is 0 Å².